The summed E-state index contributed by atoms with van der Waals surface area (Å²) in [4.78, 5) is 19.0. The van der Waals surface area contributed by atoms with E-state index in [4.69, 9.17) is 0 Å². The molecule has 1 saturated carbocycles. The molecule has 4 nitrogen and oxygen atoms in total. The molecule has 5 heteroatoms. The van der Waals surface area contributed by atoms with Gasteiger partial charge in [-0.3, -0.25) is 4.79 Å². The number of imidazole rings is 1. The molecule has 0 spiro atoms. The molecule has 20 heavy (non-hydrogen) atoms. The number of hydrogen-bond acceptors (Lipinski definition) is 3. The summed E-state index contributed by atoms with van der Waals surface area (Å²) >= 11 is 1.61. The van der Waals surface area contributed by atoms with E-state index in [0.29, 0.717) is 6.04 Å². The molecule has 3 rings (SSSR count). The van der Waals surface area contributed by atoms with Crippen LogP contribution < -0.4 is 0 Å². The maximum atomic E-state index is 12.5. The van der Waals surface area contributed by atoms with E-state index in [1.54, 1.807) is 11.8 Å². The highest BCUT2D eigenvalue weighted by atomic mass is 32.2. The van der Waals surface area contributed by atoms with Gasteiger partial charge in [0.1, 0.15) is 0 Å². The van der Waals surface area contributed by atoms with E-state index >= 15 is 0 Å². The van der Waals surface area contributed by atoms with Crippen molar-refractivity contribution in [1.82, 2.24) is 14.5 Å². The number of likely N-dealkylation sites (tertiary alicyclic amines) is 1. The minimum absolute atomic E-state index is 0.0343. The smallest absolute Gasteiger partial charge is 0.235 e. The van der Waals surface area contributed by atoms with Crippen LogP contribution in [0.15, 0.2) is 17.6 Å². The molecule has 2 heterocycles. The zero-order chi connectivity index (χ0) is 13.9. The maximum absolute atomic E-state index is 12.5. The van der Waals surface area contributed by atoms with Gasteiger partial charge in [-0.1, -0.05) is 24.6 Å². The van der Waals surface area contributed by atoms with Gasteiger partial charge in [-0.25, -0.2) is 4.98 Å². The van der Waals surface area contributed by atoms with E-state index < -0.39 is 0 Å². The van der Waals surface area contributed by atoms with Crippen molar-refractivity contribution in [2.75, 3.05) is 13.1 Å². The quantitative estimate of drug-likeness (QED) is 0.801. The fraction of sp³-hybridized carbons (Fsp3) is 0.733. The molecule has 0 N–H and O–H groups in total. The summed E-state index contributed by atoms with van der Waals surface area (Å²) in [5, 5.41) is 0.969. The van der Waals surface area contributed by atoms with E-state index in [-0.39, 0.29) is 11.2 Å². The van der Waals surface area contributed by atoms with Crippen LogP contribution in [0.4, 0.5) is 0 Å². The minimum atomic E-state index is -0.0343. The number of aromatic nitrogens is 2. The third-order valence-corrected chi connectivity index (χ3v) is 5.20. The molecule has 1 saturated heterocycles. The molecule has 1 aliphatic carbocycles. The Kier molecular flexibility index (Phi) is 4.34. The summed E-state index contributed by atoms with van der Waals surface area (Å²) in [6.45, 7) is 3.88. The molecule has 0 radical (unpaired) electrons. The molecular weight excluding hydrogens is 270 g/mol. The lowest BCUT2D eigenvalue weighted by atomic mass is 10.2. The van der Waals surface area contributed by atoms with Crippen molar-refractivity contribution in [2.24, 2.45) is 0 Å². The average Bonchev–Trinajstić information content (AvgIpc) is 3.24. The Labute approximate surface area is 124 Å². The first-order chi connectivity index (χ1) is 9.75. The first-order valence-corrected chi connectivity index (χ1v) is 8.62. The molecule has 0 unspecified atom stereocenters. The second-order valence-corrected chi connectivity index (χ2v) is 7.16. The van der Waals surface area contributed by atoms with Crippen molar-refractivity contribution in [2.45, 2.75) is 61.9 Å². The minimum Gasteiger partial charge on any atom is -0.342 e. The summed E-state index contributed by atoms with van der Waals surface area (Å²) < 4.78 is 2.23. The van der Waals surface area contributed by atoms with Crippen LogP contribution in [0.5, 0.6) is 0 Å². The third kappa shape index (κ3) is 3.19. The molecule has 110 valence electrons. The number of nitrogens with zero attached hydrogens (tertiary/aromatic N) is 3. The molecule has 2 fully saturated rings. The van der Waals surface area contributed by atoms with Crippen molar-refractivity contribution in [1.29, 1.82) is 0 Å². The highest BCUT2D eigenvalue weighted by Crippen LogP contribution is 2.38. The lowest BCUT2D eigenvalue weighted by molar-refractivity contribution is -0.130. The molecule has 1 aliphatic heterocycles. The Morgan fingerprint density at radius 3 is 2.65 bits per heavy atom. The lowest BCUT2D eigenvalue weighted by Crippen LogP contribution is -2.37. The van der Waals surface area contributed by atoms with Crippen LogP contribution in [0.3, 0.4) is 0 Å². The first kappa shape index (κ1) is 14.0. The van der Waals surface area contributed by atoms with Gasteiger partial charge in [0.15, 0.2) is 5.16 Å². The zero-order valence-electron chi connectivity index (χ0n) is 12.1. The van der Waals surface area contributed by atoms with E-state index in [2.05, 4.69) is 14.5 Å². The van der Waals surface area contributed by atoms with Crippen LogP contribution in [0.25, 0.3) is 0 Å². The van der Waals surface area contributed by atoms with Gasteiger partial charge in [-0.05, 0) is 32.6 Å². The van der Waals surface area contributed by atoms with E-state index in [1.165, 1.54) is 25.7 Å². The number of hydrogen-bond donors (Lipinski definition) is 0. The van der Waals surface area contributed by atoms with Gasteiger partial charge >= 0.3 is 0 Å². The molecule has 1 amide bonds. The van der Waals surface area contributed by atoms with Gasteiger partial charge in [0.2, 0.25) is 5.91 Å². The Morgan fingerprint density at radius 2 is 2.00 bits per heavy atom. The summed E-state index contributed by atoms with van der Waals surface area (Å²) in [5.41, 5.74) is 0. The van der Waals surface area contributed by atoms with Crippen molar-refractivity contribution in [3.63, 3.8) is 0 Å². The summed E-state index contributed by atoms with van der Waals surface area (Å²) in [6.07, 6.45) is 11.2. The average molecular weight is 293 g/mol. The van der Waals surface area contributed by atoms with Crippen molar-refractivity contribution in [3.05, 3.63) is 12.4 Å². The third-order valence-electron chi connectivity index (χ3n) is 4.12. The van der Waals surface area contributed by atoms with Crippen LogP contribution in [0.2, 0.25) is 0 Å². The van der Waals surface area contributed by atoms with E-state index in [1.807, 2.05) is 19.3 Å². The van der Waals surface area contributed by atoms with Crippen molar-refractivity contribution < 1.29 is 4.79 Å². The normalized spacial score (nSPS) is 21.6. The Bertz CT molecular complexity index is 461. The van der Waals surface area contributed by atoms with Gasteiger partial charge in [-0.15, -0.1) is 0 Å². The molecule has 1 aromatic heterocycles. The Morgan fingerprint density at radius 1 is 1.30 bits per heavy atom. The van der Waals surface area contributed by atoms with Crippen molar-refractivity contribution in [3.8, 4) is 0 Å². The monoisotopic (exact) mass is 293 g/mol. The predicted octanol–water partition coefficient (Wildman–Crippen LogP) is 3.10. The van der Waals surface area contributed by atoms with Gasteiger partial charge in [0.25, 0.3) is 0 Å². The standard InChI is InChI=1S/C15H23N3OS/c1-12(14(19)17-9-4-2-3-5-10-17)20-15-16-8-11-18(15)13-6-7-13/h8,11-13H,2-7,9-10H2,1H3/t12-/m1/s1. The van der Waals surface area contributed by atoms with Crippen LogP contribution in [0.1, 0.15) is 51.5 Å². The second-order valence-electron chi connectivity index (χ2n) is 5.85. The van der Waals surface area contributed by atoms with Crippen molar-refractivity contribution >= 4 is 17.7 Å². The SMILES string of the molecule is C[C@@H](Sc1nccn1C1CC1)C(=O)N1CCCCCC1. The summed E-state index contributed by atoms with van der Waals surface area (Å²) in [5.74, 6) is 0.280. The largest absolute Gasteiger partial charge is 0.342 e. The molecule has 1 atom stereocenters. The van der Waals surface area contributed by atoms with Gasteiger partial charge < -0.3 is 9.47 Å². The molecule has 2 aliphatic rings. The highest BCUT2D eigenvalue weighted by molar-refractivity contribution is 8.00. The fourth-order valence-corrected chi connectivity index (χ4v) is 3.80. The molecule has 1 aromatic rings. The number of amides is 1. The van der Waals surface area contributed by atoms with Crippen LogP contribution in [-0.2, 0) is 4.79 Å². The maximum Gasteiger partial charge on any atom is 0.235 e. The van der Waals surface area contributed by atoms with Gasteiger partial charge in [0, 0.05) is 31.5 Å². The number of rotatable bonds is 4. The lowest BCUT2D eigenvalue weighted by Gasteiger charge is -2.23. The van der Waals surface area contributed by atoms with Gasteiger partial charge in [0.05, 0.1) is 5.25 Å². The Balaban J connectivity index is 1.61. The Hall–Kier alpha value is -0.970. The predicted molar refractivity (Wildman–Crippen MR) is 80.9 cm³/mol. The first-order valence-electron chi connectivity index (χ1n) is 7.74. The molecular formula is C15H23N3OS. The summed E-state index contributed by atoms with van der Waals surface area (Å²) in [6, 6.07) is 0.625. The number of carbonyl (C=O) groups is 1. The van der Waals surface area contributed by atoms with Crippen LogP contribution in [0, 0.1) is 0 Å². The molecule has 0 aromatic carbocycles. The van der Waals surface area contributed by atoms with E-state index in [0.717, 1.165) is 31.1 Å². The number of carbonyl (C=O) groups excluding carboxylic acids is 1. The number of thioether (sulfide) groups is 1. The zero-order valence-corrected chi connectivity index (χ0v) is 12.9. The highest BCUT2D eigenvalue weighted by Gasteiger charge is 2.28. The van der Waals surface area contributed by atoms with Crippen LogP contribution >= 0.6 is 11.8 Å². The van der Waals surface area contributed by atoms with Gasteiger partial charge in [-0.2, -0.15) is 0 Å². The van der Waals surface area contributed by atoms with E-state index in [9.17, 15) is 4.79 Å². The van der Waals surface area contributed by atoms with Crippen LogP contribution in [-0.4, -0.2) is 38.7 Å². The summed E-state index contributed by atoms with van der Waals surface area (Å²) in [7, 11) is 0. The fourth-order valence-electron chi connectivity index (χ4n) is 2.78. The molecule has 0 bridgehead atoms. The topological polar surface area (TPSA) is 38.1 Å². The second kappa shape index (κ2) is 6.20.